The Kier molecular flexibility index (Phi) is 4.15. The molecule has 1 aliphatic carbocycles. The summed E-state index contributed by atoms with van der Waals surface area (Å²) in [4.78, 5) is 16.0. The van der Waals surface area contributed by atoms with Crippen LogP contribution in [0.15, 0.2) is 48.7 Å². The maximum atomic E-state index is 11.6. The number of aromatic nitrogens is 1. The summed E-state index contributed by atoms with van der Waals surface area (Å²) in [6.07, 6.45) is 4.69. The molecule has 2 aromatic rings. The van der Waals surface area contributed by atoms with E-state index in [9.17, 15) is 4.79 Å². The van der Waals surface area contributed by atoms with E-state index in [1.54, 1.807) is 6.20 Å². The molecule has 0 aliphatic heterocycles. The molecule has 1 aromatic carbocycles. The van der Waals surface area contributed by atoms with Crippen molar-refractivity contribution in [3.05, 3.63) is 54.2 Å². The number of anilines is 2. The third kappa shape index (κ3) is 4.05. The third-order valence-corrected chi connectivity index (χ3v) is 3.54. The number of nitrogens with zero attached hydrogens (tertiary/aromatic N) is 1. The van der Waals surface area contributed by atoms with Crippen LogP contribution >= 0.6 is 0 Å². The lowest BCUT2D eigenvalue weighted by molar-refractivity contribution is -0.117. The van der Waals surface area contributed by atoms with E-state index in [0.29, 0.717) is 0 Å². The molecule has 1 aliphatic rings. The predicted octanol–water partition coefficient (Wildman–Crippen LogP) is 3.08. The van der Waals surface area contributed by atoms with Crippen molar-refractivity contribution in [3.63, 3.8) is 0 Å². The molecule has 1 amide bonds. The highest BCUT2D eigenvalue weighted by Crippen LogP contribution is 2.30. The smallest absolute Gasteiger partial charge is 0.227 e. The van der Waals surface area contributed by atoms with Gasteiger partial charge in [-0.3, -0.25) is 4.79 Å². The Balaban J connectivity index is 1.46. The Morgan fingerprint density at radius 1 is 1.14 bits per heavy atom. The Hall–Kier alpha value is -2.36. The maximum absolute atomic E-state index is 11.6. The van der Waals surface area contributed by atoms with Gasteiger partial charge in [0.15, 0.2) is 0 Å². The lowest BCUT2D eigenvalue weighted by Crippen LogP contribution is -2.13. The average molecular weight is 281 g/mol. The minimum absolute atomic E-state index is 0.113. The normalized spacial score (nSPS) is 13.7. The van der Waals surface area contributed by atoms with Gasteiger partial charge in [-0.05, 0) is 37.0 Å². The van der Waals surface area contributed by atoms with Gasteiger partial charge in [0.2, 0.25) is 5.91 Å². The molecule has 0 saturated heterocycles. The van der Waals surface area contributed by atoms with Gasteiger partial charge in [0, 0.05) is 12.5 Å². The van der Waals surface area contributed by atoms with Crippen LogP contribution in [0.4, 0.5) is 11.5 Å². The molecule has 0 unspecified atom stereocenters. The molecule has 0 spiro atoms. The second-order valence-electron chi connectivity index (χ2n) is 5.36. The Morgan fingerprint density at radius 2 is 1.95 bits per heavy atom. The quantitative estimate of drug-likeness (QED) is 0.855. The molecule has 4 heteroatoms. The van der Waals surface area contributed by atoms with E-state index in [4.69, 9.17) is 0 Å². The van der Waals surface area contributed by atoms with E-state index in [1.807, 2.05) is 30.3 Å². The van der Waals surface area contributed by atoms with Crippen molar-refractivity contribution in [2.45, 2.75) is 19.3 Å². The molecular formula is C17H19N3O. The van der Waals surface area contributed by atoms with Crippen molar-refractivity contribution in [2.24, 2.45) is 5.92 Å². The number of rotatable bonds is 6. The highest BCUT2D eigenvalue weighted by molar-refractivity contribution is 5.93. The van der Waals surface area contributed by atoms with Crippen molar-refractivity contribution in [3.8, 4) is 0 Å². The van der Waals surface area contributed by atoms with Gasteiger partial charge in [-0.1, -0.05) is 30.3 Å². The lowest BCUT2D eigenvalue weighted by atomic mass is 10.1. The van der Waals surface area contributed by atoms with Crippen LogP contribution in [0.2, 0.25) is 0 Å². The van der Waals surface area contributed by atoms with Gasteiger partial charge in [0.1, 0.15) is 5.82 Å². The molecule has 2 N–H and O–H groups in total. The number of carbonyl (C=O) groups excluding carboxylic acids is 1. The van der Waals surface area contributed by atoms with Crippen molar-refractivity contribution in [2.75, 3.05) is 17.2 Å². The molecule has 108 valence electrons. The van der Waals surface area contributed by atoms with Gasteiger partial charge in [0.05, 0.1) is 11.9 Å². The van der Waals surface area contributed by atoms with Gasteiger partial charge in [-0.2, -0.15) is 0 Å². The van der Waals surface area contributed by atoms with Crippen LogP contribution in [0.1, 0.15) is 18.4 Å². The molecule has 0 radical (unpaired) electrons. The van der Waals surface area contributed by atoms with Crippen molar-refractivity contribution in [1.29, 1.82) is 0 Å². The molecule has 1 fully saturated rings. The third-order valence-electron chi connectivity index (χ3n) is 3.54. The molecule has 3 rings (SSSR count). The van der Waals surface area contributed by atoms with Crippen LogP contribution in [0, 0.1) is 5.92 Å². The summed E-state index contributed by atoms with van der Waals surface area (Å²) in [5.74, 6) is 1.16. The summed E-state index contributed by atoms with van der Waals surface area (Å²) < 4.78 is 0. The lowest BCUT2D eigenvalue weighted by Gasteiger charge is -2.07. The van der Waals surface area contributed by atoms with Gasteiger partial charge in [0.25, 0.3) is 0 Å². The van der Waals surface area contributed by atoms with E-state index >= 15 is 0 Å². The van der Waals surface area contributed by atoms with Crippen LogP contribution < -0.4 is 10.6 Å². The van der Waals surface area contributed by atoms with E-state index in [1.165, 1.54) is 5.56 Å². The minimum Gasteiger partial charge on any atom is -0.370 e. The number of hydrogen-bond donors (Lipinski definition) is 2. The zero-order chi connectivity index (χ0) is 14.5. The maximum Gasteiger partial charge on any atom is 0.227 e. The monoisotopic (exact) mass is 281 g/mol. The Morgan fingerprint density at radius 3 is 2.62 bits per heavy atom. The number of carbonyl (C=O) groups is 1. The molecule has 4 nitrogen and oxygen atoms in total. The average Bonchev–Trinajstić information content (AvgIpc) is 3.35. The largest absolute Gasteiger partial charge is 0.370 e. The van der Waals surface area contributed by atoms with Crippen molar-refractivity contribution < 1.29 is 4.79 Å². The summed E-state index contributed by atoms with van der Waals surface area (Å²) in [6, 6.07) is 14.1. The predicted molar refractivity (Wildman–Crippen MR) is 84.2 cm³/mol. The second-order valence-corrected chi connectivity index (χ2v) is 5.36. The molecule has 1 heterocycles. The molecule has 21 heavy (non-hydrogen) atoms. The van der Waals surface area contributed by atoms with Gasteiger partial charge >= 0.3 is 0 Å². The highest BCUT2D eigenvalue weighted by Gasteiger charge is 2.29. The number of amides is 1. The van der Waals surface area contributed by atoms with Crippen molar-refractivity contribution >= 4 is 17.4 Å². The van der Waals surface area contributed by atoms with Crippen LogP contribution in [0.5, 0.6) is 0 Å². The number of benzene rings is 1. The first-order chi connectivity index (χ1) is 10.3. The van der Waals surface area contributed by atoms with Crippen LogP contribution in [-0.4, -0.2) is 17.4 Å². The minimum atomic E-state index is 0.113. The molecule has 0 bridgehead atoms. The fraction of sp³-hybridized carbons (Fsp3) is 0.294. The molecule has 0 atom stereocenters. The van der Waals surface area contributed by atoms with Gasteiger partial charge in [-0.15, -0.1) is 0 Å². The summed E-state index contributed by atoms with van der Waals surface area (Å²) in [5, 5.41) is 6.17. The summed E-state index contributed by atoms with van der Waals surface area (Å²) in [7, 11) is 0. The van der Waals surface area contributed by atoms with E-state index in [-0.39, 0.29) is 11.8 Å². The highest BCUT2D eigenvalue weighted by atomic mass is 16.2. The Labute approximate surface area is 124 Å². The SMILES string of the molecule is O=C(Nc1ccc(NCCc2ccccc2)nc1)C1CC1. The van der Waals surface area contributed by atoms with E-state index in [0.717, 1.165) is 37.3 Å². The molecular weight excluding hydrogens is 262 g/mol. The summed E-state index contributed by atoms with van der Waals surface area (Å²) in [5.41, 5.74) is 2.07. The van der Waals surface area contributed by atoms with Crippen LogP contribution in [0.25, 0.3) is 0 Å². The first-order valence-corrected chi connectivity index (χ1v) is 7.36. The Bertz CT molecular complexity index is 591. The van der Waals surface area contributed by atoms with Gasteiger partial charge in [-0.25, -0.2) is 4.98 Å². The first kappa shape index (κ1) is 13.6. The fourth-order valence-corrected chi connectivity index (χ4v) is 2.14. The number of hydrogen-bond acceptors (Lipinski definition) is 3. The summed E-state index contributed by atoms with van der Waals surface area (Å²) >= 11 is 0. The van der Waals surface area contributed by atoms with Crippen LogP contribution in [-0.2, 0) is 11.2 Å². The van der Waals surface area contributed by atoms with Crippen LogP contribution in [0.3, 0.4) is 0 Å². The first-order valence-electron chi connectivity index (χ1n) is 7.36. The molecule has 1 saturated carbocycles. The molecule has 1 aromatic heterocycles. The zero-order valence-corrected chi connectivity index (χ0v) is 11.9. The van der Waals surface area contributed by atoms with E-state index in [2.05, 4.69) is 27.8 Å². The number of nitrogens with one attached hydrogen (secondary N) is 2. The topological polar surface area (TPSA) is 54.0 Å². The number of pyridine rings is 1. The zero-order valence-electron chi connectivity index (χ0n) is 11.9. The van der Waals surface area contributed by atoms with Crippen molar-refractivity contribution in [1.82, 2.24) is 4.98 Å². The fourth-order valence-electron chi connectivity index (χ4n) is 2.14. The summed E-state index contributed by atoms with van der Waals surface area (Å²) in [6.45, 7) is 0.838. The second kappa shape index (κ2) is 6.39. The standard InChI is InChI=1S/C17H19N3O/c21-17(14-6-7-14)20-15-8-9-16(19-12-15)18-11-10-13-4-2-1-3-5-13/h1-5,8-9,12,14H,6-7,10-11H2,(H,18,19)(H,20,21). The van der Waals surface area contributed by atoms with Gasteiger partial charge < -0.3 is 10.6 Å². The van der Waals surface area contributed by atoms with E-state index < -0.39 is 0 Å².